The maximum Gasteiger partial charge on any atom is 0.0921 e. The Bertz CT molecular complexity index is 221. The van der Waals surface area contributed by atoms with Crippen LogP contribution in [0.5, 0.6) is 0 Å². The Morgan fingerprint density at radius 2 is 2.06 bits per heavy atom. The Kier molecular flexibility index (Phi) is 5.26. The molecule has 1 rings (SSSR count). The summed E-state index contributed by atoms with van der Waals surface area (Å²) < 4.78 is 0. The Hall–Kier alpha value is -0.570. The van der Waals surface area contributed by atoms with E-state index in [9.17, 15) is 0 Å². The summed E-state index contributed by atoms with van der Waals surface area (Å²) in [6.45, 7) is 7.93. The van der Waals surface area contributed by atoms with Crippen molar-refractivity contribution in [2.24, 2.45) is 11.7 Å². The van der Waals surface area contributed by atoms with E-state index < -0.39 is 0 Å². The van der Waals surface area contributed by atoms with Crippen molar-refractivity contribution in [2.75, 3.05) is 6.54 Å². The number of hydrogen-bond donors (Lipinski definition) is 2. The van der Waals surface area contributed by atoms with Crippen molar-refractivity contribution in [3.05, 3.63) is 0 Å². The average molecular weight is 225 g/mol. The third kappa shape index (κ3) is 4.52. The van der Waals surface area contributed by atoms with Crippen LogP contribution < -0.4 is 5.73 Å². The Balaban J connectivity index is 2.48. The Labute approximate surface area is 99.9 Å². The molecule has 0 amide bonds. The van der Waals surface area contributed by atoms with Gasteiger partial charge < -0.3 is 5.73 Å². The quantitative estimate of drug-likeness (QED) is 0.493. The van der Waals surface area contributed by atoms with Crippen molar-refractivity contribution in [1.82, 2.24) is 4.90 Å². The molecule has 3 N–H and O–H groups in total. The van der Waals surface area contributed by atoms with Crippen LogP contribution in [0.15, 0.2) is 0 Å². The zero-order chi connectivity index (χ0) is 12.1. The highest BCUT2D eigenvalue weighted by molar-refractivity contribution is 5.77. The second kappa shape index (κ2) is 6.24. The summed E-state index contributed by atoms with van der Waals surface area (Å²) in [6, 6.07) is 1.27. The summed E-state index contributed by atoms with van der Waals surface area (Å²) in [5.41, 5.74) is 5.54. The summed E-state index contributed by atoms with van der Waals surface area (Å²) in [6.07, 6.45) is 5.78. The molecular weight excluding hydrogens is 198 g/mol. The van der Waals surface area contributed by atoms with E-state index in [4.69, 9.17) is 11.1 Å². The Morgan fingerprint density at radius 1 is 1.44 bits per heavy atom. The van der Waals surface area contributed by atoms with Gasteiger partial charge in [0.05, 0.1) is 5.84 Å². The van der Waals surface area contributed by atoms with Crippen LogP contribution in [0.2, 0.25) is 0 Å². The highest BCUT2D eigenvalue weighted by Crippen LogP contribution is 2.30. The van der Waals surface area contributed by atoms with Crippen LogP contribution in [0.25, 0.3) is 0 Å². The highest BCUT2D eigenvalue weighted by Gasteiger charge is 2.33. The van der Waals surface area contributed by atoms with E-state index in [1.54, 1.807) is 0 Å². The van der Waals surface area contributed by atoms with Crippen molar-refractivity contribution in [3.8, 4) is 0 Å². The van der Waals surface area contributed by atoms with Gasteiger partial charge in [0.25, 0.3) is 0 Å². The van der Waals surface area contributed by atoms with Crippen LogP contribution in [0.4, 0.5) is 0 Å². The molecule has 1 atom stereocenters. The van der Waals surface area contributed by atoms with Crippen LogP contribution in [0, 0.1) is 11.3 Å². The van der Waals surface area contributed by atoms with E-state index in [0.29, 0.717) is 11.9 Å². The molecule has 3 nitrogen and oxygen atoms in total. The van der Waals surface area contributed by atoms with Gasteiger partial charge in [0.1, 0.15) is 0 Å². The third-order valence-electron chi connectivity index (χ3n) is 3.38. The van der Waals surface area contributed by atoms with Crippen molar-refractivity contribution in [1.29, 1.82) is 5.41 Å². The molecule has 1 aliphatic rings. The first kappa shape index (κ1) is 13.5. The van der Waals surface area contributed by atoms with Crippen LogP contribution in [0.1, 0.15) is 52.9 Å². The first-order valence-electron chi connectivity index (χ1n) is 6.63. The normalized spacial score (nSPS) is 18.1. The van der Waals surface area contributed by atoms with E-state index in [0.717, 1.165) is 24.8 Å². The molecule has 0 bridgehead atoms. The molecule has 16 heavy (non-hydrogen) atoms. The van der Waals surface area contributed by atoms with Gasteiger partial charge in [0.2, 0.25) is 0 Å². The van der Waals surface area contributed by atoms with Gasteiger partial charge in [-0.2, -0.15) is 0 Å². The number of nitrogens with two attached hydrogens (primary N) is 1. The largest absolute Gasteiger partial charge is 0.388 e. The zero-order valence-corrected chi connectivity index (χ0v) is 11.0. The lowest BCUT2D eigenvalue weighted by Crippen LogP contribution is -2.40. The third-order valence-corrected chi connectivity index (χ3v) is 3.38. The topological polar surface area (TPSA) is 53.1 Å². The van der Waals surface area contributed by atoms with Gasteiger partial charge in [-0.1, -0.05) is 20.8 Å². The lowest BCUT2D eigenvalue weighted by molar-refractivity contribution is 0.175. The van der Waals surface area contributed by atoms with Crippen LogP contribution >= 0.6 is 0 Å². The van der Waals surface area contributed by atoms with E-state index in [-0.39, 0.29) is 0 Å². The molecule has 0 radical (unpaired) electrons. The molecule has 94 valence electrons. The fourth-order valence-electron chi connectivity index (χ4n) is 2.23. The fourth-order valence-corrected chi connectivity index (χ4v) is 2.23. The minimum Gasteiger partial charge on any atom is -0.388 e. The molecule has 1 unspecified atom stereocenters. The summed E-state index contributed by atoms with van der Waals surface area (Å²) in [5, 5.41) is 7.45. The van der Waals surface area contributed by atoms with Crippen molar-refractivity contribution in [3.63, 3.8) is 0 Å². The maximum absolute atomic E-state index is 7.45. The van der Waals surface area contributed by atoms with Crippen LogP contribution in [0.3, 0.4) is 0 Å². The van der Waals surface area contributed by atoms with Crippen molar-refractivity contribution >= 4 is 5.84 Å². The van der Waals surface area contributed by atoms with Crippen LogP contribution in [-0.4, -0.2) is 29.4 Å². The monoisotopic (exact) mass is 225 g/mol. The number of nitrogens with zero attached hydrogens (tertiary/aromatic N) is 1. The van der Waals surface area contributed by atoms with Gasteiger partial charge in [0.15, 0.2) is 0 Å². The molecular formula is C13H27N3. The fraction of sp³-hybridized carbons (Fsp3) is 0.923. The summed E-state index contributed by atoms with van der Waals surface area (Å²) >= 11 is 0. The molecule has 0 spiro atoms. The zero-order valence-electron chi connectivity index (χ0n) is 11.0. The van der Waals surface area contributed by atoms with Crippen molar-refractivity contribution < 1.29 is 0 Å². The molecule has 0 heterocycles. The number of nitrogens with one attached hydrogen (secondary N) is 1. The molecule has 3 heteroatoms. The molecule has 0 aromatic carbocycles. The molecule has 1 aliphatic carbocycles. The second-order valence-corrected chi connectivity index (χ2v) is 5.44. The molecule has 0 saturated heterocycles. The molecule has 0 aliphatic heterocycles. The molecule has 1 saturated carbocycles. The number of hydrogen-bond acceptors (Lipinski definition) is 2. The van der Waals surface area contributed by atoms with E-state index >= 15 is 0 Å². The predicted octanol–water partition coefficient (Wildman–Crippen LogP) is 2.60. The van der Waals surface area contributed by atoms with Gasteiger partial charge in [-0.05, 0) is 38.1 Å². The van der Waals surface area contributed by atoms with Gasteiger partial charge in [-0.15, -0.1) is 0 Å². The number of rotatable bonds is 8. The maximum atomic E-state index is 7.45. The Morgan fingerprint density at radius 3 is 2.44 bits per heavy atom. The molecule has 1 fully saturated rings. The van der Waals surface area contributed by atoms with Gasteiger partial charge >= 0.3 is 0 Å². The minimum absolute atomic E-state index is 0.335. The first-order chi connectivity index (χ1) is 7.54. The van der Waals surface area contributed by atoms with Gasteiger partial charge in [0, 0.05) is 18.5 Å². The molecule has 0 aromatic rings. The van der Waals surface area contributed by atoms with Gasteiger partial charge in [-0.3, -0.25) is 10.3 Å². The lowest BCUT2D eigenvalue weighted by Gasteiger charge is -2.31. The minimum atomic E-state index is 0.335. The summed E-state index contributed by atoms with van der Waals surface area (Å²) in [7, 11) is 0. The smallest absolute Gasteiger partial charge is 0.0921 e. The van der Waals surface area contributed by atoms with E-state index in [2.05, 4.69) is 25.7 Å². The van der Waals surface area contributed by atoms with Crippen molar-refractivity contribution in [2.45, 2.75) is 65.0 Å². The predicted molar refractivity (Wildman–Crippen MR) is 69.8 cm³/mol. The SMILES string of the molecule is CCC(CC(=N)N)N(CCC(C)C)C1CC1. The van der Waals surface area contributed by atoms with E-state index in [1.807, 2.05) is 0 Å². The lowest BCUT2D eigenvalue weighted by atomic mass is 10.1. The molecule has 0 aromatic heterocycles. The van der Waals surface area contributed by atoms with E-state index in [1.165, 1.54) is 25.8 Å². The summed E-state index contributed by atoms with van der Waals surface area (Å²) in [5.74, 6) is 1.10. The standard InChI is InChI=1S/C13H27N3/c1-4-11(9-13(14)15)16(12-5-6-12)8-7-10(2)3/h10-12H,4-9H2,1-3H3,(H3,14,15). The first-order valence-corrected chi connectivity index (χ1v) is 6.63. The highest BCUT2D eigenvalue weighted by atomic mass is 15.2. The van der Waals surface area contributed by atoms with Crippen LogP contribution in [-0.2, 0) is 0 Å². The number of amidine groups is 1. The summed E-state index contributed by atoms with van der Waals surface area (Å²) in [4.78, 5) is 2.60. The second-order valence-electron chi connectivity index (χ2n) is 5.44. The van der Waals surface area contributed by atoms with Gasteiger partial charge in [-0.25, -0.2) is 0 Å². The average Bonchev–Trinajstić information content (AvgIpc) is 2.99.